The lowest BCUT2D eigenvalue weighted by molar-refractivity contribution is 0.315. The minimum absolute atomic E-state index is 0.513. The smallest absolute Gasteiger partial charge is 0.232 e. The van der Waals surface area contributed by atoms with E-state index < -0.39 is 0 Å². The van der Waals surface area contributed by atoms with Gasteiger partial charge < -0.3 is 24.8 Å². The fourth-order valence-electron chi connectivity index (χ4n) is 4.10. The van der Waals surface area contributed by atoms with Gasteiger partial charge in [-0.05, 0) is 50.7 Å². The predicted octanol–water partition coefficient (Wildman–Crippen LogP) is 3.71. The monoisotopic (exact) mass is 443 g/mol. The molecule has 5 heterocycles. The molecule has 0 amide bonds. The summed E-state index contributed by atoms with van der Waals surface area (Å²) in [6.07, 6.45) is 9.56. The van der Waals surface area contributed by atoms with Crippen LogP contribution in [0.3, 0.4) is 0 Å². The number of nitrogens with zero attached hydrogens (tertiary/aromatic N) is 7. The Kier molecular flexibility index (Phi) is 5.78. The second kappa shape index (κ2) is 9.03. The highest BCUT2D eigenvalue weighted by Gasteiger charge is 2.25. The first kappa shape index (κ1) is 21.1. The lowest BCUT2D eigenvalue weighted by Crippen LogP contribution is -2.31. The van der Waals surface area contributed by atoms with Gasteiger partial charge in [-0.1, -0.05) is 6.92 Å². The topological polar surface area (TPSA) is 86.5 Å². The summed E-state index contributed by atoms with van der Waals surface area (Å²) in [5.41, 5.74) is 3.01. The highest BCUT2D eigenvalue weighted by atomic mass is 15.3. The van der Waals surface area contributed by atoms with Crippen molar-refractivity contribution in [3.05, 3.63) is 60.7 Å². The minimum Gasteiger partial charge on any atom is -0.355 e. The highest BCUT2D eigenvalue weighted by Crippen LogP contribution is 2.27. The van der Waals surface area contributed by atoms with Gasteiger partial charge in [0, 0.05) is 61.7 Å². The molecule has 1 fully saturated rings. The summed E-state index contributed by atoms with van der Waals surface area (Å²) >= 11 is 0. The van der Waals surface area contributed by atoms with E-state index in [1.165, 1.54) is 5.56 Å². The van der Waals surface area contributed by atoms with Crippen LogP contribution in [0.25, 0.3) is 5.65 Å². The van der Waals surface area contributed by atoms with Gasteiger partial charge in [-0.15, -0.1) is 0 Å². The number of likely N-dealkylation sites (N-methyl/N-ethyl adjacent to an activating group) is 1. The molecule has 0 spiro atoms. The van der Waals surface area contributed by atoms with Crippen LogP contribution < -0.4 is 15.5 Å². The number of aromatic nitrogens is 5. The molecule has 0 aromatic carbocycles. The second-order valence-electron chi connectivity index (χ2n) is 8.55. The van der Waals surface area contributed by atoms with E-state index in [4.69, 9.17) is 9.97 Å². The standard InChI is InChI=1S/C24H29N9/c1-4-17-5-8-25-20(13-17)28-24-29-21(27-18-6-10-32-12-9-26-22(32)14-18)15-23(30-24)33-11-7-19(16-33)31(2)3/h5-6,8-10,12-15,19H,4,7,11,16H2,1-3H3,(H2,25,27,28,29,30)/t19-/m0/s1. The number of fused-ring (bicyclic) bond motifs is 1. The summed E-state index contributed by atoms with van der Waals surface area (Å²) in [6, 6.07) is 10.6. The van der Waals surface area contributed by atoms with Crippen molar-refractivity contribution < 1.29 is 0 Å². The van der Waals surface area contributed by atoms with Crippen molar-refractivity contribution in [2.75, 3.05) is 42.7 Å². The third kappa shape index (κ3) is 4.73. The van der Waals surface area contributed by atoms with Gasteiger partial charge in [-0.3, -0.25) is 0 Å². The summed E-state index contributed by atoms with van der Waals surface area (Å²) < 4.78 is 1.97. The van der Waals surface area contributed by atoms with E-state index >= 15 is 0 Å². The zero-order valence-corrected chi connectivity index (χ0v) is 19.2. The maximum Gasteiger partial charge on any atom is 0.232 e. The maximum absolute atomic E-state index is 4.83. The van der Waals surface area contributed by atoms with Crippen molar-refractivity contribution in [2.24, 2.45) is 0 Å². The van der Waals surface area contributed by atoms with Crippen LogP contribution >= 0.6 is 0 Å². The molecule has 9 heteroatoms. The van der Waals surface area contributed by atoms with Gasteiger partial charge in [-0.2, -0.15) is 9.97 Å². The Labute approximate surface area is 193 Å². The molecule has 0 radical (unpaired) electrons. The molecule has 0 aliphatic carbocycles. The minimum atomic E-state index is 0.513. The molecule has 1 atom stereocenters. The van der Waals surface area contributed by atoms with Gasteiger partial charge in [0.05, 0.1) is 0 Å². The number of nitrogens with one attached hydrogen (secondary N) is 2. The molecule has 4 aromatic heterocycles. The van der Waals surface area contributed by atoms with E-state index in [1.54, 1.807) is 6.20 Å². The van der Waals surface area contributed by atoms with Crippen LogP contribution in [-0.4, -0.2) is 62.5 Å². The Morgan fingerprint density at radius 3 is 2.73 bits per heavy atom. The van der Waals surface area contributed by atoms with Crippen LogP contribution in [-0.2, 0) is 6.42 Å². The van der Waals surface area contributed by atoms with Crippen molar-refractivity contribution in [3.63, 3.8) is 0 Å². The van der Waals surface area contributed by atoms with E-state index in [1.807, 2.05) is 53.3 Å². The van der Waals surface area contributed by atoms with Crippen LogP contribution in [0.15, 0.2) is 55.1 Å². The largest absolute Gasteiger partial charge is 0.355 e. The Morgan fingerprint density at radius 1 is 1.00 bits per heavy atom. The van der Waals surface area contributed by atoms with Gasteiger partial charge in [0.25, 0.3) is 0 Å². The van der Waals surface area contributed by atoms with Crippen LogP contribution in [0, 0.1) is 0 Å². The fourth-order valence-corrected chi connectivity index (χ4v) is 4.10. The fraction of sp³-hybridized carbons (Fsp3) is 0.333. The third-order valence-electron chi connectivity index (χ3n) is 6.07. The Balaban J connectivity index is 1.46. The van der Waals surface area contributed by atoms with Crippen molar-refractivity contribution in [1.82, 2.24) is 29.2 Å². The quantitative estimate of drug-likeness (QED) is 0.447. The van der Waals surface area contributed by atoms with Crippen LogP contribution in [0.2, 0.25) is 0 Å². The Bertz CT molecular complexity index is 1250. The molecule has 2 N–H and O–H groups in total. The van der Waals surface area contributed by atoms with Gasteiger partial charge >= 0.3 is 0 Å². The number of hydrogen-bond donors (Lipinski definition) is 2. The summed E-state index contributed by atoms with van der Waals surface area (Å²) in [5.74, 6) is 2.88. The van der Waals surface area contributed by atoms with E-state index in [-0.39, 0.29) is 0 Å². The SMILES string of the molecule is CCc1ccnc(Nc2nc(Nc3ccn4ccnc4c3)cc(N3CC[C@H](N(C)C)C3)n2)c1. The molecule has 1 saturated heterocycles. The molecule has 0 bridgehead atoms. The van der Waals surface area contributed by atoms with Crippen molar-refractivity contribution in [1.29, 1.82) is 0 Å². The molecule has 9 nitrogen and oxygen atoms in total. The number of rotatable bonds is 7. The number of pyridine rings is 2. The van der Waals surface area contributed by atoms with E-state index in [0.717, 1.165) is 54.7 Å². The summed E-state index contributed by atoms with van der Waals surface area (Å²) in [7, 11) is 4.26. The summed E-state index contributed by atoms with van der Waals surface area (Å²) in [5, 5.41) is 6.73. The van der Waals surface area contributed by atoms with Crippen LogP contribution in [0.4, 0.5) is 29.1 Å². The van der Waals surface area contributed by atoms with E-state index in [2.05, 4.69) is 51.4 Å². The Hall–Kier alpha value is -3.72. The van der Waals surface area contributed by atoms with Crippen molar-refractivity contribution >= 4 is 34.7 Å². The molecular weight excluding hydrogens is 414 g/mol. The summed E-state index contributed by atoms with van der Waals surface area (Å²) in [6.45, 7) is 4.03. The first-order valence-corrected chi connectivity index (χ1v) is 11.3. The molecule has 0 unspecified atom stereocenters. The lowest BCUT2D eigenvalue weighted by atomic mass is 10.2. The van der Waals surface area contributed by atoms with E-state index in [0.29, 0.717) is 12.0 Å². The number of imidazole rings is 1. The molecule has 0 saturated carbocycles. The molecule has 1 aliphatic rings. The zero-order valence-electron chi connectivity index (χ0n) is 19.2. The average Bonchev–Trinajstić information content (AvgIpc) is 3.49. The lowest BCUT2D eigenvalue weighted by Gasteiger charge is -2.22. The molecule has 170 valence electrons. The van der Waals surface area contributed by atoms with Crippen LogP contribution in [0.5, 0.6) is 0 Å². The second-order valence-corrected chi connectivity index (χ2v) is 8.55. The molecule has 4 aromatic rings. The third-order valence-corrected chi connectivity index (χ3v) is 6.07. The molecule has 5 rings (SSSR count). The zero-order chi connectivity index (χ0) is 22.8. The van der Waals surface area contributed by atoms with Crippen molar-refractivity contribution in [2.45, 2.75) is 25.8 Å². The molecule has 33 heavy (non-hydrogen) atoms. The maximum atomic E-state index is 4.83. The number of hydrogen-bond acceptors (Lipinski definition) is 8. The van der Waals surface area contributed by atoms with Gasteiger partial charge in [0.2, 0.25) is 5.95 Å². The van der Waals surface area contributed by atoms with E-state index in [9.17, 15) is 0 Å². The molecule has 1 aliphatic heterocycles. The summed E-state index contributed by atoms with van der Waals surface area (Å²) in [4.78, 5) is 23.0. The van der Waals surface area contributed by atoms with Gasteiger partial charge in [0.1, 0.15) is 23.1 Å². The highest BCUT2D eigenvalue weighted by molar-refractivity contribution is 5.66. The van der Waals surface area contributed by atoms with Gasteiger partial charge in [0.15, 0.2) is 0 Å². The Morgan fingerprint density at radius 2 is 1.91 bits per heavy atom. The normalized spacial score (nSPS) is 16.0. The molecular formula is C24H29N9. The predicted molar refractivity (Wildman–Crippen MR) is 132 cm³/mol. The average molecular weight is 444 g/mol. The number of anilines is 5. The number of aryl methyl sites for hydroxylation is 1. The van der Waals surface area contributed by atoms with Gasteiger partial charge in [-0.25, -0.2) is 9.97 Å². The van der Waals surface area contributed by atoms with Crippen LogP contribution in [0.1, 0.15) is 18.9 Å². The van der Waals surface area contributed by atoms with Crippen molar-refractivity contribution in [3.8, 4) is 0 Å². The first-order valence-electron chi connectivity index (χ1n) is 11.3. The first-order chi connectivity index (χ1) is 16.1.